The zero-order chi connectivity index (χ0) is 33.1. The van der Waals surface area contributed by atoms with Crippen LogP contribution >= 0.6 is 0 Å². The summed E-state index contributed by atoms with van der Waals surface area (Å²) >= 11 is 0. The monoisotopic (exact) mass is 661 g/mol. The molecular weight excluding hydrogens is 615 g/mol. The smallest absolute Gasteiger partial charge is 0.0468 e. The van der Waals surface area contributed by atoms with Crippen molar-refractivity contribution in [2.24, 2.45) is 47.3 Å². The quantitative estimate of drug-likeness (QED) is 0.186. The fourth-order valence-electron chi connectivity index (χ4n) is 15.6. The van der Waals surface area contributed by atoms with E-state index in [0.29, 0.717) is 0 Å². The van der Waals surface area contributed by atoms with E-state index in [1.165, 1.54) is 104 Å². The van der Waals surface area contributed by atoms with Crippen LogP contribution in [0.1, 0.15) is 86.5 Å². The Bertz CT molecular complexity index is 2200. The second-order valence-electron chi connectivity index (χ2n) is 18.6. The Hall–Kier alpha value is -4.10. The average molecular weight is 662 g/mol. The minimum atomic E-state index is 0.167. The number of fused-ring (bicyclic) bond motifs is 6. The summed E-state index contributed by atoms with van der Waals surface area (Å²) in [5.74, 6) is 6.95. The van der Waals surface area contributed by atoms with Gasteiger partial charge in [-0.1, -0.05) is 78.9 Å². The van der Waals surface area contributed by atoms with E-state index in [4.69, 9.17) is 0 Å². The van der Waals surface area contributed by atoms with Crippen molar-refractivity contribution < 1.29 is 0 Å². The zero-order valence-corrected chi connectivity index (χ0v) is 29.6. The van der Waals surface area contributed by atoms with Crippen LogP contribution in [0.25, 0.3) is 22.3 Å². The summed E-state index contributed by atoms with van der Waals surface area (Å²) in [7, 11) is 0. The highest BCUT2D eigenvalue weighted by Gasteiger charge is 2.63. The molecular formula is C50H47N. The van der Waals surface area contributed by atoms with Crippen LogP contribution in [0.2, 0.25) is 0 Å². The largest absolute Gasteiger partial charge is 0.310 e. The van der Waals surface area contributed by atoms with Gasteiger partial charge in [-0.25, -0.2) is 0 Å². The van der Waals surface area contributed by atoms with Crippen molar-refractivity contribution in [2.75, 3.05) is 4.90 Å². The summed E-state index contributed by atoms with van der Waals surface area (Å²) in [5.41, 5.74) is 16.8. The van der Waals surface area contributed by atoms with Gasteiger partial charge in [0.2, 0.25) is 0 Å². The van der Waals surface area contributed by atoms with Gasteiger partial charge in [0.05, 0.1) is 0 Å². The highest BCUT2D eigenvalue weighted by molar-refractivity contribution is 5.89. The van der Waals surface area contributed by atoms with Crippen molar-refractivity contribution in [2.45, 2.75) is 75.0 Å². The predicted octanol–water partition coefficient (Wildman–Crippen LogP) is 12.6. The third kappa shape index (κ3) is 3.46. The predicted molar refractivity (Wildman–Crippen MR) is 208 cm³/mol. The third-order valence-corrected chi connectivity index (χ3v) is 16.6. The Labute approximate surface area is 303 Å². The van der Waals surface area contributed by atoms with Crippen LogP contribution in [0.5, 0.6) is 0 Å². The second kappa shape index (κ2) is 9.86. The minimum absolute atomic E-state index is 0.167. The van der Waals surface area contributed by atoms with Crippen LogP contribution in [-0.2, 0) is 10.8 Å². The maximum absolute atomic E-state index is 2.67. The molecule has 10 aliphatic rings. The Morgan fingerprint density at radius 3 is 1.35 bits per heavy atom. The summed E-state index contributed by atoms with van der Waals surface area (Å²) in [6, 6.07) is 45.7. The number of anilines is 3. The van der Waals surface area contributed by atoms with E-state index in [0.717, 1.165) is 47.3 Å². The first kappa shape index (κ1) is 28.5. The summed E-state index contributed by atoms with van der Waals surface area (Å²) in [6.07, 6.45) is 14.4. The topological polar surface area (TPSA) is 3.24 Å². The Morgan fingerprint density at radius 2 is 0.765 bits per heavy atom. The van der Waals surface area contributed by atoms with Crippen molar-refractivity contribution in [1.29, 1.82) is 0 Å². The molecule has 0 aromatic heterocycles. The molecule has 8 fully saturated rings. The molecule has 0 aliphatic heterocycles. The molecule has 0 N–H and O–H groups in total. The lowest BCUT2D eigenvalue weighted by molar-refractivity contribution is -0.0399. The maximum atomic E-state index is 2.67. The van der Waals surface area contributed by atoms with E-state index in [-0.39, 0.29) is 10.8 Å². The average Bonchev–Trinajstić information content (AvgIpc) is 3.61. The van der Waals surface area contributed by atoms with E-state index in [1.807, 2.05) is 0 Å². The van der Waals surface area contributed by atoms with Gasteiger partial charge in [-0.3, -0.25) is 0 Å². The van der Waals surface area contributed by atoms with Crippen LogP contribution in [0, 0.1) is 47.3 Å². The molecule has 252 valence electrons. The van der Waals surface area contributed by atoms with E-state index >= 15 is 0 Å². The molecule has 0 radical (unpaired) electrons. The first-order valence-electron chi connectivity index (χ1n) is 20.5. The minimum Gasteiger partial charge on any atom is -0.310 e. The van der Waals surface area contributed by atoms with Gasteiger partial charge < -0.3 is 4.90 Å². The van der Waals surface area contributed by atoms with Crippen LogP contribution in [-0.4, -0.2) is 0 Å². The number of benzene rings is 5. The molecule has 1 heteroatoms. The van der Waals surface area contributed by atoms with E-state index < -0.39 is 0 Å². The van der Waals surface area contributed by atoms with Gasteiger partial charge in [0.25, 0.3) is 0 Å². The van der Waals surface area contributed by atoms with Gasteiger partial charge in [-0.2, -0.15) is 0 Å². The van der Waals surface area contributed by atoms with Crippen molar-refractivity contribution in [3.8, 4) is 22.3 Å². The molecule has 10 aliphatic carbocycles. The van der Waals surface area contributed by atoms with Crippen molar-refractivity contribution >= 4 is 17.1 Å². The molecule has 1 nitrogen and oxygen atoms in total. The fraction of sp³-hybridized carbons (Fsp3) is 0.400. The Morgan fingerprint density at radius 1 is 0.333 bits per heavy atom. The highest BCUT2D eigenvalue weighted by Crippen LogP contribution is 2.71. The summed E-state index contributed by atoms with van der Waals surface area (Å²) in [5, 5.41) is 0. The van der Waals surface area contributed by atoms with Gasteiger partial charge in [-0.15, -0.1) is 0 Å². The SMILES string of the molecule is c1ccc(N(c2ccc3c(c2)-c2ccccc2C32C3CC4CC(C3)CC2C4)c2ccc3c(c2)C2(c4ccccc4-3)C3CC4CC(C3)CC2C4)cc1. The molecule has 0 saturated heterocycles. The van der Waals surface area contributed by atoms with Crippen molar-refractivity contribution in [3.05, 3.63) is 138 Å². The first-order valence-corrected chi connectivity index (χ1v) is 20.5. The van der Waals surface area contributed by atoms with Gasteiger partial charge in [0, 0.05) is 27.9 Å². The Kier molecular flexibility index (Phi) is 5.50. The summed E-state index contributed by atoms with van der Waals surface area (Å²) in [6.45, 7) is 0. The molecule has 5 aromatic rings. The summed E-state index contributed by atoms with van der Waals surface area (Å²) < 4.78 is 0. The van der Waals surface area contributed by atoms with Crippen molar-refractivity contribution in [1.82, 2.24) is 0 Å². The highest BCUT2D eigenvalue weighted by atomic mass is 15.1. The number of hydrogen-bond acceptors (Lipinski definition) is 1. The zero-order valence-electron chi connectivity index (χ0n) is 29.6. The van der Waals surface area contributed by atoms with E-state index in [9.17, 15) is 0 Å². The molecule has 15 rings (SSSR count). The van der Waals surface area contributed by atoms with Crippen LogP contribution in [0.4, 0.5) is 17.1 Å². The first-order chi connectivity index (χ1) is 25.2. The van der Waals surface area contributed by atoms with Gasteiger partial charge in [-0.05, 0) is 192 Å². The molecule has 0 atom stereocenters. The second-order valence-corrected chi connectivity index (χ2v) is 18.6. The normalized spacial score (nSPS) is 36.4. The van der Waals surface area contributed by atoms with Gasteiger partial charge in [0.1, 0.15) is 0 Å². The van der Waals surface area contributed by atoms with E-state index in [2.05, 4.69) is 120 Å². The van der Waals surface area contributed by atoms with Crippen LogP contribution < -0.4 is 4.90 Å². The van der Waals surface area contributed by atoms with Crippen LogP contribution in [0.3, 0.4) is 0 Å². The molecule has 8 bridgehead atoms. The Balaban J connectivity index is 1.00. The molecule has 0 amide bonds. The fourth-order valence-corrected chi connectivity index (χ4v) is 15.6. The van der Waals surface area contributed by atoms with Gasteiger partial charge >= 0.3 is 0 Å². The summed E-state index contributed by atoms with van der Waals surface area (Å²) in [4.78, 5) is 2.60. The lowest BCUT2D eigenvalue weighted by Gasteiger charge is -2.61. The molecule has 5 aromatic carbocycles. The number of para-hydroxylation sites is 1. The number of hydrogen-bond donors (Lipinski definition) is 0. The molecule has 2 spiro atoms. The van der Waals surface area contributed by atoms with Crippen molar-refractivity contribution in [3.63, 3.8) is 0 Å². The third-order valence-electron chi connectivity index (χ3n) is 16.6. The molecule has 0 heterocycles. The molecule has 51 heavy (non-hydrogen) atoms. The number of rotatable bonds is 3. The molecule has 8 saturated carbocycles. The van der Waals surface area contributed by atoms with E-state index in [1.54, 1.807) is 22.3 Å². The number of nitrogens with zero attached hydrogens (tertiary/aromatic N) is 1. The standard InChI is InChI=1S/C50H47N/c1-2-8-38(9-3-1)51(39-15-17-47-44(28-39)42-11-5-7-13-46(42)49(47)34-20-30-18-31(22-34)23-35(49)21-30)40-14-16-43-41-10-4-6-12-45(41)50(48(43)29-40)36-24-32-19-33(26-36)27-37(50)25-32/h1-17,28-37H,18-27H2. The van der Waals surface area contributed by atoms with Gasteiger partial charge in [0.15, 0.2) is 0 Å². The molecule has 0 unspecified atom stereocenters. The maximum Gasteiger partial charge on any atom is 0.0468 e. The lowest BCUT2D eigenvalue weighted by atomic mass is 9.43. The van der Waals surface area contributed by atoms with Crippen LogP contribution in [0.15, 0.2) is 115 Å². The lowest BCUT2D eigenvalue weighted by Crippen LogP contribution is -2.55.